The number of rotatable bonds is 13. The van der Waals surface area contributed by atoms with Gasteiger partial charge in [0.25, 0.3) is 5.91 Å². The Labute approximate surface area is 220 Å². The molecule has 1 amide bonds. The number of amidine groups is 1. The van der Waals surface area contributed by atoms with Gasteiger partial charge in [-0.15, -0.1) is 0 Å². The van der Waals surface area contributed by atoms with E-state index in [1.165, 1.54) is 19.2 Å². The second-order valence-electron chi connectivity index (χ2n) is 8.44. The minimum absolute atomic E-state index is 0.0256. The number of nitrogens with zero attached hydrogens (tertiary/aromatic N) is 1. The van der Waals surface area contributed by atoms with E-state index in [1.54, 1.807) is 25.1 Å². The first-order chi connectivity index (χ1) is 18.2. The van der Waals surface area contributed by atoms with E-state index in [-0.39, 0.29) is 30.3 Å². The zero-order valence-electron chi connectivity index (χ0n) is 21.2. The van der Waals surface area contributed by atoms with Gasteiger partial charge in [-0.1, -0.05) is 42.5 Å². The van der Waals surface area contributed by atoms with E-state index in [4.69, 9.17) is 20.6 Å². The molecule has 0 saturated carbocycles. The maximum atomic E-state index is 14.9. The number of carboxylic acid groups (broad SMARTS) is 1. The quantitative estimate of drug-likeness (QED) is 0.197. The summed E-state index contributed by atoms with van der Waals surface area (Å²) in [5.41, 5.74) is 8.28. The molecule has 200 valence electrons. The van der Waals surface area contributed by atoms with E-state index >= 15 is 0 Å². The molecule has 3 aromatic rings. The van der Waals surface area contributed by atoms with E-state index in [0.29, 0.717) is 23.4 Å². The Bertz CT molecular complexity index is 1290. The molecule has 0 aliphatic rings. The molecule has 0 heterocycles. The Balaban J connectivity index is 1.95. The number of anilines is 1. The van der Waals surface area contributed by atoms with E-state index < -0.39 is 30.3 Å². The number of carboxylic acids is 1. The fourth-order valence-corrected chi connectivity index (χ4v) is 3.89. The summed E-state index contributed by atoms with van der Waals surface area (Å²) in [6.07, 6.45) is -1.36. The molecule has 0 spiro atoms. The average molecular weight is 523 g/mol. The largest absolute Gasteiger partial charge is 0.497 e. The lowest BCUT2D eigenvalue weighted by molar-refractivity contribution is -0.151. The second-order valence-corrected chi connectivity index (χ2v) is 8.44. The number of nitrogens with one attached hydrogen (secondary N) is 2. The third-order valence-electron chi connectivity index (χ3n) is 5.79. The van der Waals surface area contributed by atoms with Gasteiger partial charge in [0.15, 0.2) is 6.10 Å². The fraction of sp³-hybridized carbons (Fsp3) is 0.250. The lowest BCUT2D eigenvalue weighted by Crippen LogP contribution is -2.39. The summed E-state index contributed by atoms with van der Waals surface area (Å²) in [7, 11) is 1.40. The van der Waals surface area contributed by atoms with Gasteiger partial charge in [-0.25, -0.2) is 4.39 Å². The second kappa shape index (κ2) is 13.2. The molecule has 0 aromatic heterocycles. The van der Waals surface area contributed by atoms with Gasteiger partial charge >= 0.3 is 5.97 Å². The standard InChI is InChI=1S/C28H31FN4O5/c1-3-38-26(22-12-11-21(37-2)14-23(22)29)28(36)33(17-25(34)35)16-20-10-9-19(27(30)31)13-24(20)32-15-18-7-5-4-6-8-18/h4-14,26,32H,3,15-17H2,1-2H3,(H3,30,31)(H,34,35). The fourth-order valence-electron chi connectivity index (χ4n) is 3.89. The van der Waals surface area contributed by atoms with Crippen LogP contribution in [0, 0.1) is 11.2 Å². The molecular formula is C28H31FN4O5. The van der Waals surface area contributed by atoms with Gasteiger partial charge in [0.2, 0.25) is 0 Å². The SMILES string of the molecule is CCOC(C(=O)N(CC(=O)O)Cc1ccc(C(=N)N)cc1NCc1ccccc1)c1ccc(OC)cc1F. The molecule has 0 saturated heterocycles. The summed E-state index contributed by atoms with van der Waals surface area (Å²) < 4.78 is 25.5. The summed E-state index contributed by atoms with van der Waals surface area (Å²) in [5.74, 6) is -2.51. The van der Waals surface area contributed by atoms with Crippen molar-refractivity contribution in [2.45, 2.75) is 26.1 Å². The van der Waals surface area contributed by atoms with Crippen molar-refractivity contribution in [1.29, 1.82) is 5.41 Å². The van der Waals surface area contributed by atoms with Gasteiger partial charge < -0.3 is 30.5 Å². The van der Waals surface area contributed by atoms with Crippen LogP contribution < -0.4 is 15.8 Å². The first kappa shape index (κ1) is 28.1. The smallest absolute Gasteiger partial charge is 0.323 e. The van der Waals surface area contributed by atoms with Crippen LogP contribution in [0.15, 0.2) is 66.7 Å². The van der Waals surface area contributed by atoms with Crippen molar-refractivity contribution in [3.05, 3.63) is 94.8 Å². The van der Waals surface area contributed by atoms with Crippen molar-refractivity contribution < 1.29 is 28.6 Å². The van der Waals surface area contributed by atoms with Gasteiger partial charge in [0.1, 0.15) is 23.9 Å². The highest BCUT2D eigenvalue weighted by atomic mass is 19.1. The number of carbonyl (C=O) groups excluding carboxylic acids is 1. The molecule has 0 aliphatic carbocycles. The maximum absolute atomic E-state index is 14.9. The van der Waals surface area contributed by atoms with E-state index in [9.17, 15) is 19.1 Å². The van der Waals surface area contributed by atoms with Crippen LogP contribution in [-0.4, -0.2) is 48.0 Å². The first-order valence-electron chi connectivity index (χ1n) is 11.9. The van der Waals surface area contributed by atoms with Crippen LogP contribution in [0.1, 0.15) is 35.3 Å². The minimum atomic E-state index is -1.36. The number of carbonyl (C=O) groups is 2. The van der Waals surface area contributed by atoms with Crippen LogP contribution in [-0.2, 0) is 27.4 Å². The molecule has 1 atom stereocenters. The molecule has 38 heavy (non-hydrogen) atoms. The highest BCUT2D eigenvalue weighted by Crippen LogP contribution is 2.28. The highest BCUT2D eigenvalue weighted by Gasteiger charge is 2.31. The van der Waals surface area contributed by atoms with E-state index in [0.717, 1.165) is 16.5 Å². The molecule has 3 aromatic carbocycles. The number of hydrogen-bond acceptors (Lipinski definition) is 6. The molecule has 5 N–H and O–H groups in total. The number of nitrogen functional groups attached to an aromatic ring is 1. The van der Waals surface area contributed by atoms with Crippen molar-refractivity contribution in [3.8, 4) is 5.75 Å². The number of aliphatic carboxylic acids is 1. The van der Waals surface area contributed by atoms with Gasteiger partial charge in [0.05, 0.1) is 7.11 Å². The third kappa shape index (κ3) is 7.30. The summed E-state index contributed by atoms with van der Waals surface area (Å²) in [5, 5.41) is 20.7. The summed E-state index contributed by atoms with van der Waals surface area (Å²) >= 11 is 0. The van der Waals surface area contributed by atoms with Crippen molar-refractivity contribution in [2.75, 3.05) is 25.6 Å². The Morgan fingerprint density at radius 3 is 2.47 bits per heavy atom. The Kier molecular flexibility index (Phi) is 9.78. The number of amides is 1. The van der Waals surface area contributed by atoms with Crippen molar-refractivity contribution >= 4 is 23.4 Å². The summed E-state index contributed by atoms with van der Waals surface area (Å²) in [4.78, 5) is 26.4. The predicted molar refractivity (Wildman–Crippen MR) is 142 cm³/mol. The minimum Gasteiger partial charge on any atom is -0.497 e. The third-order valence-corrected chi connectivity index (χ3v) is 5.79. The molecule has 1 unspecified atom stereocenters. The van der Waals surface area contributed by atoms with E-state index in [2.05, 4.69) is 5.32 Å². The van der Waals surface area contributed by atoms with Crippen LogP contribution in [0.3, 0.4) is 0 Å². The van der Waals surface area contributed by atoms with Crippen molar-refractivity contribution in [3.63, 3.8) is 0 Å². The molecule has 3 rings (SSSR count). The Morgan fingerprint density at radius 1 is 1.13 bits per heavy atom. The predicted octanol–water partition coefficient (Wildman–Crippen LogP) is 3.92. The zero-order valence-corrected chi connectivity index (χ0v) is 21.2. The molecule has 0 bridgehead atoms. The molecule has 9 nitrogen and oxygen atoms in total. The number of ether oxygens (including phenoxy) is 2. The number of hydrogen-bond donors (Lipinski definition) is 4. The normalized spacial score (nSPS) is 11.4. The zero-order chi connectivity index (χ0) is 27.7. The van der Waals surface area contributed by atoms with Crippen LogP contribution >= 0.6 is 0 Å². The van der Waals surface area contributed by atoms with E-state index in [1.807, 2.05) is 30.3 Å². The highest BCUT2D eigenvalue weighted by molar-refractivity contribution is 5.96. The van der Waals surface area contributed by atoms with Crippen molar-refractivity contribution in [2.24, 2.45) is 5.73 Å². The van der Waals surface area contributed by atoms with Crippen LogP contribution in [0.4, 0.5) is 10.1 Å². The molecule has 0 fully saturated rings. The molecule has 0 aliphatic heterocycles. The number of nitrogens with two attached hydrogens (primary N) is 1. The number of methoxy groups -OCH3 is 1. The average Bonchev–Trinajstić information content (AvgIpc) is 2.90. The van der Waals surface area contributed by atoms with Gasteiger partial charge in [-0.05, 0) is 36.2 Å². The van der Waals surface area contributed by atoms with Gasteiger partial charge in [-0.2, -0.15) is 0 Å². The topological polar surface area (TPSA) is 138 Å². The summed E-state index contributed by atoms with van der Waals surface area (Å²) in [6.45, 7) is 1.46. The molecule has 10 heteroatoms. The lowest BCUT2D eigenvalue weighted by Gasteiger charge is -2.27. The van der Waals surface area contributed by atoms with Crippen LogP contribution in [0.5, 0.6) is 5.75 Å². The van der Waals surface area contributed by atoms with Gasteiger partial charge in [0, 0.05) is 42.6 Å². The maximum Gasteiger partial charge on any atom is 0.323 e. The number of benzene rings is 3. The van der Waals surface area contributed by atoms with Crippen LogP contribution in [0.25, 0.3) is 0 Å². The van der Waals surface area contributed by atoms with Crippen molar-refractivity contribution in [1.82, 2.24) is 4.90 Å². The first-order valence-corrected chi connectivity index (χ1v) is 11.9. The Morgan fingerprint density at radius 2 is 1.87 bits per heavy atom. The lowest BCUT2D eigenvalue weighted by atomic mass is 10.0. The Hall–Kier alpha value is -4.44. The summed E-state index contributed by atoms with van der Waals surface area (Å²) in [6, 6.07) is 18.6. The van der Waals surface area contributed by atoms with Gasteiger partial charge in [-0.3, -0.25) is 15.0 Å². The monoisotopic (exact) mass is 522 g/mol. The molecule has 0 radical (unpaired) electrons. The molecular weight excluding hydrogens is 491 g/mol. The van der Waals surface area contributed by atoms with Crippen LogP contribution in [0.2, 0.25) is 0 Å². The number of halogens is 1.